The van der Waals surface area contributed by atoms with E-state index in [-0.39, 0.29) is 24.3 Å². The van der Waals surface area contributed by atoms with Crippen LogP contribution in [0.3, 0.4) is 0 Å². The smallest absolute Gasteiger partial charge is 0.252 e. The predicted octanol–water partition coefficient (Wildman–Crippen LogP) is 2.02. The second-order valence-electron chi connectivity index (χ2n) is 5.97. The van der Waals surface area contributed by atoms with Gasteiger partial charge < -0.3 is 10.2 Å². The van der Waals surface area contributed by atoms with Crippen LogP contribution in [-0.4, -0.2) is 42.9 Å². The molecule has 0 aromatic rings. The topological polar surface area (TPSA) is 32.3 Å². The Morgan fingerprint density at radius 1 is 1.33 bits per heavy atom. The Hall–Kier alpha value is -0.710. The molecule has 2 saturated carbocycles. The van der Waals surface area contributed by atoms with Crippen molar-refractivity contribution in [3.63, 3.8) is 0 Å². The predicted molar refractivity (Wildman–Crippen MR) is 65.6 cm³/mol. The molecule has 18 heavy (non-hydrogen) atoms. The Bertz CT molecular complexity index is 325. The number of hydrogen-bond acceptors (Lipinski definition) is 2. The minimum Gasteiger partial charge on any atom is -0.354 e. The summed E-state index contributed by atoms with van der Waals surface area (Å²) < 4.78 is 25.4. The van der Waals surface area contributed by atoms with Crippen molar-refractivity contribution in [3.8, 4) is 0 Å². The zero-order chi connectivity index (χ0) is 13.4. The lowest BCUT2D eigenvalue weighted by Crippen LogP contribution is -2.50. The Labute approximate surface area is 107 Å². The lowest BCUT2D eigenvalue weighted by atomic mass is 9.96. The normalized spacial score (nSPS) is 28.4. The van der Waals surface area contributed by atoms with E-state index >= 15 is 0 Å². The zero-order valence-electron chi connectivity index (χ0n) is 11.1. The molecule has 0 bridgehead atoms. The van der Waals surface area contributed by atoms with Crippen LogP contribution in [0.1, 0.15) is 38.5 Å². The molecule has 2 rings (SSSR count). The maximum absolute atomic E-state index is 12.7. The minimum atomic E-state index is -2.59. The average Bonchev–Trinajstić information content (AvgIpc) is 2.73. The molecule has 0 radical (unpaired) electrons. The zero-order valence-corrected chi connectivity index (χ0v) is 11.1. The summed E-state index contributed by atoms with van der Waals surface area (Å²) in [5.41, 5.74) is 0.0295. The third-order valence-corrected chi connectivity index (χ3v) is 4.49. The maximum Gasteiger partial charge on any atom is 0.252 e. The van der Waals surface area contributed by atoms with Crippen LogP contribution in [-0.2, 0) is 4.79 Å². The first kappa shape index (κ1) is 13.7. The monoisotopic (exact) mass is 260 g/mol. The van der Waals surface area contributed by atoms with Crippen LogP contribution in [0.5, 0.6) is 0 Å². The first-order valence-corrected chi connectivity index (χ1v) is 6.68. The van der Waals surface area contributed by atoms with Crippen LogP contribution in [0.15, 0.2) is 0 Å². The van der Waals surface area contributed by atoms with Gasteiger partial charge in [0.25, 0.3) is 5.92 Å². The van der Waals surface area contributed by atoms with E-state index in [4.69, 9.17) is 0 Å². The van der Waals surface area contributed by atoms with Crippen molar-refractivity contribution in [2.24, 2.45) is 5.92 Å². The first-order valence-electron chi connectivity index (χ1n) is 6.68. The fourth-order valence-electron chi connectivity index (χ4n) is 2.87. The molecule has 5 heteroatoms. The van der Waals surface area contributed by atoms with Crippen molar-refractivity contribution in [2.75, 3.05) is 20.6 Å². The number of carbonyl (C=O) groups is 1. The van der Waals surface area contributed by atoms with Crippen molar-refractivity contribution in [2.45, 2.75) is 50.0 Å². The van der Waals surface area contributed by atoms with Crippen LogP contribution < -0.4 is 5.32 Å². The van der Waals surface area contributed by atoms with Gasteiger partial charge in [0.05, 0.1) is 0 Å². The molecule has 0 aromatic heterocycles. The number of amides is 1. The average molecular weight is 260 g/mol. The molecule has 0 heterocycles. The molecule has 104 valence electrons. The number of likely N-dealkylation sites (N-methyl/N-ethyl adjacent to an activating group) is 1. The molecule has 0 saturated heterocycles. The highest BCUT2D eigenvalue weighted by molar-refractivity contribution is 5.76. The molecule has 1 N–H and O–H groups in total. The largest absolute Gasteiger partial charge is 0.354 e. The highest BCUT2D eigenvalue weighted by Gasteiger charge is 2.57. The van der Waals surface area contributed by atoms with Crippen LogP contribution in [0, 0.1) is 5.92 Å². The molecule has 0 aliphatic heterocycles. The van der Waals surface area contributed by atoms with Crippen LogP contribution in [0.25, 0.3) is 0 Å². The standard InChI is InChI=1S/C13H22F2N2O/c1-17(2)12(5-3-4-6-12)9-16-11(18)7-10-8-13(10,14)15/h10H,3-9H2,1-2H3,(H,16,18)/t10-/m0/s1. The van der Waals surface area contributed by atoms with E-state index in [0.717, 1.165) is 12.8 Å². The first-order chi connectivity index (χ1) is 8.36. The molecule has 0 unspecified atom stereocenters. The van der Waals surface area contributed by atoms with Gasteiger partial charge in [-0.2, -0.15) is 0 Å². The van der Waals surface area contributed by atoms with Gasteiger partial charge in [0, 0.05) is 30.8 Å². The summed E-state index contributed by atoms with van der Waals surface area (Å²) in [5.74, 6) is -3.55. The number of hydrogen-bond donors (Lipinski definition) is 1. The Kier molecular flexibility index (Phi) is 3.63. The third-order valence-electron chi connectivity index (χ3n) is 4.49. The SMILES string of the molecule is CN(C)C1(CNC(=O)C[C@H]2CC2(F)F)CCCC1. The van der Waals surface area contributed by atoms with E-state index in [0.29, 0.717) is 6.54 Å². The van der Waals surface area contributed by atoms with E-state index in [9.17, 15) is 13.6 Å². The number of carbonyl (C=O) groups excluding carboxylic acids is 1. The van der Waals surface area contributed by atoms with Gasteiger partial charge >= 0.3 is 0 Å². The maximum atomic E-state index is 12.7. The summed E-state index contributed by atoms with van der Waals surface area (Å²) in [4.78, 5) is 13.8. The van der Waals surface area contributed by atoms with Gasteiger partial charge in [-0.05, 0) is 26.9 Å². The molecule has 0 aromatic carbocycles. The van der Waals surface area contributed by atoms with Crippen LogP contribution in [0.4, 0.5) is 8.78 Å². The van der Waals surface area contributed by atoms with Crippen LogP contribution in [0.2, 0.25) is 0 Å². The summed E-state index contributed by atoms with van der Waals surface area (Å²) >= 11 is 0. The van der Waals surface area contributed by atoms with Gasteiger partial charge in [0.1, 0.15) is 0 Å². The highest BCUT2D eigenvalue weighted by atomic mass is 19.3. The Balaban J connectivity index is 1.78. The summed E-state index contributed by atoms with van der Waals surface area (Å²) in [5, 5.41) is 2.84. The number of nitrogens with zero attached hydrogens (tertiary/aromatic N) is 1. The van der Waals surface area contributed by atoms with E-state index in [2.05, 4.69) is 10.2 Å². The van der Waals surface area contributed by atoms with Gasteiger partial charge in [-0.3, -0.25) is 4.79 Å². The molecule has 1 atom stereocenters. The quantitative estimate of drug-likeness (QED) is 0.820. The fourth-order valence-corrected chi connectivity index (χ4v) is 2.87. The molecule has 3 nitrogen and oxygen atoms in total. The van der Waals surface area contributed by atoms with Gasteiger partial charge in [-0.25, -0.2) is 8.78 Å². The number of alkyl halides is 2. The Morgan fingerprint density at radius 2 is 1.89 bits per heavy atom. The highest BCUT2D eigenvalue weighted by Crippen LogP contribution is 2.50. The lowest BCUT2D eigenvalue weighted by molar-refractivity contribution is -0.122. The van der Waals surface area contributed by atoms with E-state index in [1.807, 2.05) is 14.1 Å². The second kappa shape index (κ2) is 4.76. The Morgan fingerprint density at radius 3 is 2.33 bits per heavy atom. The molecule has 1 amide bonds. The molecule has 2 aliphatic rings. The van der Waals surface area contributed by atoms with Crippen molar-refractivity contribution in [3.05, 3.63) is 0 Å². The van der Waals surface area contributed by atoms with E-state index in [1.165, 1.54) is 12.8 Å². The summed E-state index contributed by atoms with van der Waals surface area (Å²) in [6, 6.07) is 0. The molecular formula is C13H22F2N2O. The summed E-state index contributed by atoms with van der Waals surface area (Å²) in [6.07, 6.45) is 4.33. The molecule has 2 fully saturated rings. The third kappa shape index (κ3) is 2.82. The van der Waals surface area contributed by atoms with E-state index < -0.39 is 11.8 Å². The van der Waals surface area contributed by atoms with Gasteiger partial charge in [-0.15, -0.1) is 0 Å². The van der Waals surface area contributed by atoms with Gasteiger partial charge in [0.2, 0.25) is 5.91 Å². The van der Waals surface area contributed by atoms with Gasteiger partial charge in [0.15, 0.2) is 0 Å². The molecule has 0 spiro atoms. The fraction of sp³-hybridized carbons (Fsp3) is 0.923. The van der Waals surface area contributed by atoms with E-state index in [1.54, 1.807) is 0 Å². The second-order valence-corrected chi connectivity index (χ2v) is 5.97. The molecule has 2 aliphatic carbocycles. The number of nitrogens with one attached hydrogen (secondary N) is 1. The summed E-state index contributed by atoms with van der Waals surface area (Å²) in [6.45, 7) is 0.580. The minimum absolute atomic E-state index is 0.0295. The van der Waals surface area contributed by atoms with Crippen molar-refractivity contribution in [1.82, 2.24) is 10.2 Å². The van der Waals surface area contributed by atoms with Crippen LogP contribution >= 0.6 is 0 Å². The van der Waals surface area contributed by atoms with Crippen molar-refractivity contribution < 1.29 is 13.6 Å². The number of halogens is 2. The number of rotatable bonds is 5. The van der Waals surface area contributed by atoms with Crippen molar-refractivity contribution in [1.29, 1.82) is 0 Å². The summed E-state index contributed by atoms with van der Waals surface area (Å²) in [7, 11) is 4.04. The molecular weight excluding hydrogens is 238 g/mol. The van der Waals surface area contributed by atoms with Crippen molar-refractivity contribution >= 4 is 5.91 Å². The van der Waals surface area contributed by atoms with Gasteiger partial charge in [-0.1, -0.05) is 12.8 Å². The lowest BCUT2D eigenvalue weighted by Gasteiger charge is -2.36.